The maximum Gasteiger partial charge on any atom is 0.274 e. The van der Waals surface area contributed by atoms with E-state index in [1.54, 1.807) is 18.7 Å². The fraction of sp³-hybridized carbons (Fsp3) is 0.474. The Kier molecular flexibility index (Phi) is 3.96. The second kappa shape index (κ2) is 6.50. The summed E-state index contributed by atoms with van der Waals surface area (Å²) in [6.07, 6.45) is 8.22. The molecule has 9 nitrogen and oxygen atoms in total. The molecule has 1 fully saturated rings. The van der Waals surface area contributed by atoms with Crippen LogP contribution in [0.2, 0.25) is 0 Å². The predicted molar refractivity (Wildman–Crippen MR) is 100 cm³/mol. The van der Waals surface area contributed by atoms with Crippen molar-refractivity contribution in [3.8, 4) is 11.5 Å². The summed E-state index contributed by atoms with van der Waals surface area (Å²) in [6, 6.07) is 0. The van der Waals surface area contributed by atoms with Gasteiger partial charge in [0.05, 0.1) is 18.4 Å². The van der Waals surface area contributed by atoms with Gasteiger partial charge in [0.2, 0.25) is 0 Å². The number of hydrogen-bond acceptors (Lipinski definition) is 6. The third-order valence-corrected chi connectivity index (χ3v) is 5.51. The van der Waals surface area contributed by atoms with Crippen molar-refractivity contribution >= 4 is 5.91 Å². The molecule has 0 saturated heterocycles. The Labute approximate surface area is 162 Å². The number of rotatable bonds is 4. The minimum Gasteiger partial charge on any atom is -0.332 e. The van der Waals surface area contributed by atoms with Crippen LogP contribution < -0.4 is 0 Å². The summed E-state index contributed by atoms with van der Waals surface area (Å²) in [4.78, 5) is 23.2. The summed E-state index contributed by atoms with van der Waals surface area (Å²) in [5, 5.41) is 13.2. The molecule has 5 rings (SSSR count). The van der Waals surface area contributed by atoms with Gasteiger partial charge in [-0.05, 0) is 25.7 Å². The molecule has 0 N–H and O–H groups in total. The van der Waals surface area contributed by atoms with Crippen LogP contribution in [0.1, 0.15) is 40.3 Å². The highest BCUT2D eigenvalue weighted by molar-refractivity contribution is 5.92. The Hall–Kier alpha value is -3.10. The maximum atomic E-state index is 12.9. The standard InChI is InChI=1S/C19H22N8O/c1-12-7-21-15(8-20-12)19(28)26-6-5-16-14(10-26)17(24-25(16)2)18-23-22-11-27(18)9-13-3-4-13/h7-8,11,13H,3-6,9-10H2,1-2H3. The van der Waals surface area contributed by atoms with E-state index in [2.05, 4.69) is 24.7 Å². The summed E-state index contributed by atoms with van der Waals surface area (Å²) in [6.45, 7) is 3.90. The van der Waals surface area contributed by atoms with Crippen molar-refractivity contribution in [3.63, 3.8) is 0 Å². The third-order valence-electron chi connectivity index (χ3n) is 5.51. The predicted octanol–water partition coefficient (Wildman–Crippen LogP) is 1.39. The molecule has 3 aromatic heterocycles. The van der Waals surface area contributed by atoms with Gasteiger partial charge in [-0.15, -0.1) is 10.2 Å². The van der Waals surface area contributed by atoms with E-state index >= 15 is 0 Å². The monoisotopic (exact) mass is 378 g/mol. The summed E-state index contributed by atoms with van der Waals surface area (Å²) in [5.41, 5.74) is 4.18. The second-order valence-electron chi connectivity index (χ2n) is 7.67. The van der Waals surface area contributed by atoms with Gasteiger partial charge < -0.3 is 9.47 Å². The average Bonchev–Trinajstić information content (AvgIpc) is 3.31. The molecular formula is C19H22N8O. The average molecular weight is 378 g/mol. The first-order valence-electron chi connectivity index (χ1n) is 9.61. The smallest absolute Gasteiger partial charge is 0.274 e. The maximum absolute atomic E-state index is 12.9. The lowest BCUT2D eigenvalue weighted by Crippen LogP contribution is -2.36. The number of aromatic nitrogens is 7. The normalized spacial score (nSPS) is 16.3. The zero-order valence-electron chi connectivity index (χ0n) is 16.0. The van der Waals surface area contributed by atoms with Crippen molar-refractivity contribution in [1.82, 2.24) is 39.4 Å². The highest BCUT2D eigenvalue weighted by Gasteiger charge is 2.31. The quantitative estimate of drug-likeness (QED) is 0.681. The van der Waals surface area contributed by atoms with Crippen LogP contribution in [-0.4, -0.2) is 51.9 Å². The Morgan fingerprint density at radius 2 is 2.11 bits per heavy atom. The molecule has 0 spiro atoms. The first-order chi connectivity index (χ1) is 13.6. The van der Waals surface area contributed by atoms with Gasteiger partial charge in [-0.25, -0.2) is 4.98 Å². The molecule has 0 bridgehead atoms. The van der Waals surface area contributed by atoms with Crippen LogP contribution >= 0.6 is 0 Å². The molecule has 1 amide bonds. The molecule has 0 unspecified atom stereocenters. The van der Waals surface area contributed by atoms with Gasteiger partial charge in [-0.2, -0.15) is 5.10 Å². The largest absolute Gasteiger partial charge is 0.332 e. The van der Waals surface area contributed by atoms with Gasteiger partial charge >= 0.3 is 0 Å². The summed E-state index contributed by atoms with van der Waals surface area (Å²) in [5.74, 6) is 1.40. The number of aryl methyl sites for hydroxylation is 2. The zero-order chi connectivity index (χ0) is 19.3. The Bertz CT molecular complexity index is 1030. The number of fused-ring (bicyclic) bond motifs is 1. The van der Waals surface area contributed by atoms with Crippen LogP contribution in [0.5, 0.6) is 0 Å². The molecule has 1 aliphatic carbocycles. The molecule has 9 heteroatoms. The van der Waals surface area contributed by atoms with Crippen molar-refractivity contribution in [1.29, 1.82) is 0 Å². The van der Waals surface area contributed by atoms with Gasteiger partial charge in [-0.1, -0.05) is 0 Å². The molecule has 144 valence electrons. The van der Waals surface area contributed by atoms with E-state index in [-0.39, 0.29) is 5.91 Å². The van der Waals surface area contributed by atoms with Crippen molar-refractivity contribution in [3.05, 3.63) is 41.4 Å². The summed E-state index contributed by atoms with van der Waals surface area (Å²) < 4.78 is 4.00. The molecule has 3 aromatic rings. The summed E-state index contributed by atoms with van der Waals surface area (Å²) >= 11 is 0. The fourth-order valence-corrected chi connectivity index (χ4v) is 3.76. The second-order valence-corrected chi connectivity index (χ2v) is 7.67. The molecule has 0 aromatic carbocycles. The van der Waals surface area contributed by atoms with Crippen LogP contribution in [-0.2, 0) is 26.6 Å². The first-order valence-corrected chi connectivity index (χ1v) is 9.61. The highest BCUT2D eigenvalue weighted by Crippen LogP contribution is 2.33. The Morgan fingerprint density at radius 1 is 1.25 bits per heavy atom. The van der Waals surface area contributed by atoms with Crippen LogP contribution in [0.15, 0.2) is 18.7 Å². The Morgan fingerprint density at radius 3 is 2.86 bits per heavy atom. The lowest BCUT2D eigenvalue weighted by Gasteiger charge is -2.27. The van der Waals surface area contributed by atoms with Gasteiger partial charge in [0.25, 0.3) is 5.91 Å². The summed E-state index contributed by atoms with van der Waals surface area (Å²) in [7, 11) is 1.95. The van der Waals surface area contributed by atoms with E-state index in [9.17, 15) is 4.79 Å². The Balaban J connectivity index is 1.46. The van der Waals surface area contributed by atoms with Crippen LogP contribution in [0.25, 0.3) is 11.5 Å². The van der Waals surface area contributed by atoms with Gasteiger partial charge in [-0.3, -0.25) is 14.5 Å². The minimum absolute atomic E-state index is 0.104. The molecule has 2 aliphatic rings. The molecular weight excluding hydrogens is 356 g/mol. The molecule has 1 aliphatic heterocycles. The van der Waals surface area contributed by atoms with Gasteiger partial charge in [0, 0.05) is 44.0 Å². The van der Waals surface area contributed by atoms with E-state index in [0.29, 0.717) is 24.7 Å². The molecule has 4 heterocycles. The minimum atomic E-state index is -0.104. The van der Waals surface area contributed by atoms with Crippen LogP contribution in [0, 0.1) is 12.8 Å². The van der Waals surface area contributed by atoms with E-state index < -0.39 is 0 Å². The third kappa shape index (κ3) is 2.96. The van der Waals surface area contributed by atoms with Crippen molar-refractivity contribution in [2.24, 2.45) is 13.0 Å². The topological polar surface area (TPSA) is 94.6 Å². The molecule has 28 heavy (non-hydrogen) atoms. The van der Waals surface area contributed by atoms with Gasteiger partial charge in [0.15, 0.2) is 5.82 Å². The number of nitrogens with zero attached hydrogens (tertiary/aromatic N) is 8. The number of carbonyl (C=O) groups excluding carboxylic acids is 1. The number of hydrogen-bond donors (Lipinski definition) is 0. The van der Waals surface area contributed by atoms with E-state index in [1.165, 1.54) is 12.8 Å². The molecule has 0 atom stereocenters. The SMILES string of the molecule is Cc1cnc(C(=O)N2CCc3c(c(-c4nncn4CC4CC4)nn3C)C2)cn1. The number of carbonyl (C=O) groups is 1. The highest BCUT2D eigenvalue weighted by atomic mass is 16.2. The molecule has 0 radical (unpaired) electrons. The van der Waals surface area contributed by atoms with Crippen molar-refractivity contribution < 1.29 is 4.79 Å². The van der Waals surface area contributed by atoms with Crippen molar-refractivity contribution in [2.75, 3.05) is 6.54 Å². The lowest BCUT2D eigenvalue weighted by molar-refractivity contribution is 0.0727. The van der Waals surface area contributed by atoms with Crippen LogP contribution in [0.3, 0.4) is 0 Å². The van der Waals surface area contributed by atoms with E-state index in [4.69, 9.17) is 5.10 Å². The zero-order valence-corrected chi connectivity index (χ0v) is 16.0. The van der Waals surface area contributed by atoms with Crippen molar-refractivity contribution in [2.45, 2.75) is 39.3 Å². The van der Waals surface area contributed by atoms with Gasteiger partial charge in [0.1, 0.15) is 17.7 Å². The van der Waals surface area contributed by atoms with E-state index in [0.717, 1.165) is 41.4 Å². The fourth-order valence-electron chi connectivity index (χ4n) is 3.76. The van der Waals surface area contributed by atoms with E-state index in [1.807, 2.05) is 23.6 Å². The number of amides is 1. The first kappa shape index (κ1) is 17.0. The van der Waals surface area contributed by atoms with Crippen LogP contribution in [0.4, 0.5) is 0 Å². The molecule has 1 saturated carbocycles. The lowest BCUT2D eigenvalue weighted by atomic mass is 10.0.